The van der Waals surface area contributed by atoms with Crippen LogP contribution in [0.4, 0.5) is 0 Å². The van der Waals surface area contributed by atoms with Crippen molar-refractivity contribution >= 4 is 5.91 Å². The maximum absolute atomic E-state index is 11.2. The summed E-state index contributed by atoms with van der Waals surface area (Å²) in [6, 6.07) is 10.7. The number of carbonyl (C=O) groups is 1. The van der Waals surface area contributed by atoms with E-state index in [4.69, 9.17) is 11.5 Å². The highest BCUT2D eigenvalue weighted by Crippen LogP contribution is 2.27. The van der Waals surface area contributed by atoms with E-state index in [1.165, 1.54) is 12.0 Å². The number of benzene rings is 1. The molecular formula is C16H25N3O. The summed E-state index contributed by atoms with van der Waals surface area (Å²) in [5.74, 6) is 0.220. The molecule has 4 N–H and O–H groups in total. The molecule has 0 radical (unpaired) electrons. The van der Waals surface area contributed by atoms with Crippen LogP contribution in [0.5, 0.6) is 0 Å². The number of amides is 1. The third-order valence-electron chi connectivity index (χ3n) is 4.28. The first-order valence-corrected chi connectivity index (χ1v) is 7.35. The lowest BCUT2D eigenvalue weighted by atomic mass is 9.96. The fourth-order valence-electron chi connectivity index (χ4n) is 2.83. The van der Waals surface area contributed by atoms with E-state index in [-0.39, 0.29) is 0 Å². The zero-order valence-electron chi connectivity index (χ0n) is 12.2. The Morgan fingerprint density at radius 3 is 2.75 bits per heavy atom. The van der Waals surface area contributed by atoms with Crippen molar-refractivity contribution in [1.29, 1.82) is 0 Å². The Bertz CT molecular complexity index is 444. The van der Waals surface area contributed by atoms with Crippen LogP contribution in [0.15, 0.2) is 30.3 Å². The average Bonchev–Trinajstić information content (AvgIpc) is 2.88. The zero-order chi connectivity index (χ0) is 14.6. The number of carbonyl (C=O) groups excluding carboxylic acids is 1. The van der Waals surface area contributed by atoms with Gasteiger partial charge in [-0.25, -0.2) is 0 Å². The SMILES string of the molecule is CC(N)(CCCN1CCC(c2ccccc2)C1)C(N)=O. The Labute approximate surface area is 121 Å². The van der Waals surface area contributed by atoms with Gasteiger partial charge in [0.05, 0.1) is 5.54 Å². The molecule has 2 unspecified atom stereocenters. The van der Waals surface area contributed by atoms with Gasteiger partial charge in [0.1, 0.15) is 0 Å². The molecular weight excluding hydrogens is 250 g/mol. The highest BCUT2D eigenvalue weighted by molar-refractivity contribution is 5.83. The minimum atomic E-state index is -0.876. The van der Waals surface area contributed by atoms with Crippen LogP contribution in [0.2, 0.25) is 0 Å². The lowest BCUT2D eigenvalue weighted by molar-refractivity contribution is -0.122. The molecule has 1 heterocycles. The van der Waals surface area contributed by atoms with Crippen LogP contribution in [0.3, 0.4) is 0 Å². The molecule has 2 rings (SSSR count). The van der Waals surface area contributed by atoms with Gasteiger partial charge in [0.25, 0.3) is 0 Å². The van der Waals surface area contributed by atoms with Crippen LogP contribution in [0.25, 0.3) is 0 Å². The van der Waals surface area contributed by atoms with E-state index in [2.05, 4.69) is 35.2 Å². The fraction of sp³-hybridized carbons (Fsp3) is 0.562. The Balaban J connectivity index is 1.76. The van der Waals surface area contributed by atoms with E-state index < -0.39 is 11.4 Å². The second-order valence-electron chi connectivity index (χ2n) is 6.08. The highest BCUT2D eigenvalue weighted by atomic mass is 16.1. The van der Waals surface area contributed by atoms with E-state index in [0.717, 1.165) is 26.1 Å². The monoisotopic (exact) mass is 275 g/mol. The van der Waals surface area contributed by atoms with Crippen molar-refractivity contribution in [2.75, 3.05) is 19.6 Å². The molecule has 0 spiro atoms. The standard InChI is InChI=1S/C16H25N3O/c1-16(18,15(17)20)9-5-10-19-11-8-14(12-19)13-6-3-2-4-7-13/h2-4,6-7,14H,5,8-12,18H2,1H3,(H2,17,20). The van der Waals surface area contributed by atoms with Crippen LogP contribution in [0.1, 0.15) is 37.7 Å². The predicted molar refractivity (Wildman–Crippen MR) is 81.3 cm³/mol. The Hall–Kier alpha value is -1.39. The molecule has 0 aliphatic carbocycles. The number of nitrogens with zero attached hydrogens (tertiary/aromatic N) is 1. The van der Waals surface area contributed by atoms with Crippen molar-refractivity contribution in [1.82, 2.24) is 4.90 Å². The summed E-state index contributed by atoms with van der Waals surface area (Å²) < 4.78 is 0. The van der Waals surface area contributed by atoms with Gasteiger partial charge in [0.15, 0.2) is 0 Å². The molecule has 110 valence electrons. The quantitative estimate of drug-likeness (QED) is 0.825. The Morgan fingerprint density at radius 2 is 2.10 bits per heavy atom. The Morgan fingerprint density at radius 1 is 1.40 bits per heavy atom. The number of rotatable bonds is 6. The number of likely N-dealkylation sites (tertiary alicyclic amines) is 1. The van der Waals surface area contributed by atoms with E-state index in [0.29, 0.717) is 12.3 Å². The first kappa shape index (κ1) is 15.0. The number of hydrogen-bond acceptors (Lipinski definition) is 3. The molecule has 4 heteroatoms. The van der Waals surface area contributed by atoms with Crippen LogP contribution >= 0.6 is 0 Å². The van der Waals surface area contributed by atoms with Crippen molar-refractivity contribution in [3.63, 3.8) is 0 Å². The molecule has 0 aromatic heterocycles. The van der Waals surface area contributed by atoms with Gasteiger partial charge in [-0.1, -0.05) is 30.3 Å². The maximum Gasteiger partial charge on any atom is 0.237 e. The molecule has 0 bridgehead atoms. The molecule has 1 amide bonds. The van der Waals surface area contributed by atoms with Gasteiger partial charge in [-0.2, -0.15) is 0 Å². The summed E-state index contributed by atoms with van der Waals surface area (Å²) in [4.78, 5) is 13.6. The minimum Gasteiger partial charge on any atom is -0.368 e. The zero-order valence-corrected chi connectivity index (χ0v) is 12.2. The van der Waals surface area contributed by atoms with Gasteiger partial charge in [0.2, 0.25) is 5.91 Å². The largest absolute Gasteiger partial charge is 0.368 e. The van der Waals surface area contributed by atoms with E-state index in [9.17, 15) is 4.79 Å². The van der Waals surface area contributed by atoms with Crippen molar-refractivity contribution in [3.8, 4) is 0 Å². The predicted octanol–water partition coefficient (Wildman–Crippen LogP) is 1.46. The van der Waals surface area contributed by atoms with E-state index >= 15 is 0 Å². The average molecular weight is 275 g/mol. The van der Waals surface area contributed by atoms with Gasteiger partial charge in [-0.15, -0.1) is 0 Å². The van der Waals surface area contributed by atoms with Crippen LogP contribution in [-0.2, 0) is 4.79 Å². The van der Waals surface area contributed by atoms with Crippen LogP contribution in [0, 0.1) is 0 Å². The third-order valence-corrected chi connectivity index (χ3v) is 4.28. The van der Waals surface area contributed by atoms with Crippen LogP contribution < -0.4 is 11.5 Å². The topological polar surface area (TPSA) is 72.3 Å². The summed E-state index contributed by atoms with van der Waals surface area (Å²) in [5, 5.41) is 0. The first-order valence-electron chi connectivity index (χ1n) is 7.35. The molecule has 2 atom stereocenters. The summed E-state index contributed by atoms with van der Waals surface area (Å²) in [6.45, 7) is 4.93. The lowest BCUT2D eigenvalue weighted by Gasteiger charge is -2.22. The molecule has 1 fully saturated rings. The molecule has 20 heavy (non-hydrogen) atoms. The molecule has 1 aliphatic heterocycles. The van der Waals surface area contributed by atoms with Crippen molar-refractivity contribution in [2.45, 2.75) is 37.6 Å². The molecule has 1 aliphatic rings. The number of primary amides is 1. The van der Waals surface area contributed by atoms with Gasteiger partial charge in [0, 0.05) is 6.54 Å². The minimum absolute atomic E-state index is 0.416. The fourth-order valence-corrected chi connectivity index (χ4v) is 2.83. The highest BCUT2D eigenvalue weighted by Gasteiger charge is 2.27. The molecule has 0 saturated carbocycles. The van der Waals surface area contributed by atoms with Crippen molar-refractivity contribution in [3.05, 3.63) is 35.9 Å². The summed E-state index contributed by atoms with van der Waals surface area (Å²) in [5.41, 5.74) is 11.7. The van der Waals surface area contributed by atoms with Crippen molar-refractivity contribution in [2.24, 2.45) is 11.5 Å². The number of hydrogen-bond donors (Lipinski definition) is 2. The van der Waals surface area contributed by atoms with Gasteiger partial charge in [-0.05, 0) is 50.8 Å². The summed E-state index contributed by atoms with van der Waals surface area (Å²) in [6.07, 6.45) is 2.77. The normalized spacial score (nSPS) is 22.6. The molecule has 1 aromatic rings. The van der Waals surface area contributed by atoms with Crippen molar-refractivity contribution < 1.29 is 4.79 Å². The van der Waals surface area contributed by atoms with Gasteiger partial charge < -0.3 is 16.4 Å². The summed E-state index contributed by atoms with van der Waals surface area (Å²) >= 11 is 0. The lowest BCUT2D eigenvalue weighted by Crippen LogP contribution is -2.49. The number of nitrogens with two attached hydrogens (primary N) is 2. The first-order chi connectivity index (χ1) is 9.49. The Kier molecular flexibility index (Phi) is 4.78. The summed E-state index contributed by atoms with van der Waals surface area (Å²) in [7, 11) is 0. The smallest absolute Gasteiger partial charge is 0.237 e. The van der Waals surface area contributed by atoms with Gasteiger partial charge >= 0.3 is 0 Å². The second-order valence-corrected chi connectivity index (χ2v) is 6.08. The maximum atomic E-state index is 11.2. The molecule has 1 aromatic carbocycles. The molecule has 4 nitrogen and oxygen atoms in total. The van der Waals surface area contributed by atoms with E-state index in [1.54, 1.807) is 6.92 Å². The molecule has 1 saturated heterocycles. The van der Waals surface area contributed by atoms with Crippen LogP contribution in [-0.4, -0.2) is 36.0 Å². The second kappa shape index (κ2) is 6.37. The third kappa shape index (κ3) is 3.81. The van der Waals surface area contributed by atoms with Gasteiger partial charge in [-0.3, -0.25) is 4.79 Å². The van der Waals surface area contributed by atoms with E-state index in [1.807, 2.05) is 0 Å².